The topological polar surface area (TPSA) is 67.9 Å². The van der Waals surface area contributed by atoms with Gasteiger partial charge in [0.05, 0.1) is 20.8 Å². The third-order valence-corrected chi connectivity index (χ3v) is 4.51. The normalized spacial score (nSPS) is 10.3. The van der Waals surface area contributed by atoms with Crippen LogP contribution in [0.3, 0.4) is 0 Å². The van der Waals surface area contributed by atoms with Crippen molar-refractivity contribution in [2.45, 2.75) is 26.7 Å². The van der Waals surface area contributed by atoms with Crippen molar-refractivity contribution in [1.82, 2.24) is 4.90 Å². The first-order chi connectivity index (χ1) is 13.3. The van der Waals surface area contributed by atoms with E-state index >= 15 is 0 Å². The number of hydrogen-bond acceptors (Lipinski definition) is 4. The maximum Gasteiger partial charge on any atom is 0.243 e. The average Bonchev–Trinajstić information content (AvgIpc) is 2.68. The van der Waals surface area contributed by atoms with Crippen LogP contribution in [-0.4, -0.2) is 44.5 Å². The van der Waals surface area contributed by atoms with Crippen molar-refractivity contribution in [3.05, 3.63) is 53.1 Å². The molecule has 1 N–H and O–H groups in total. The molecule has 0 aromatic heterocycles. The predicted molar refractivity (Wildman–Crippen MR) is 110 cm³/mol. The Kier molecular flexibility index (Phi) is 7.44. The van der Waals surface area contributed by atoms with Gasteiger partial charge in [-0.25, -0.2) is 0 Å². The van der Waals surface area contributed by atoms with Crippen molar-refractivity contribution in [3.63, 3.8) is 0 Å². The van der Waals surface area contributed by atoms with E-state index in [-0.39, 0.29) is 18.4 Å². The number of methoxy groups -OCH3 is 2. The molecular formula is C22H28N2O4. The van der Waals surface area contributed by atoms with E-state index in [0.29, 0.717) is 24.3 Å². The van der Waals surface area contributed by atoms with Crippen molar-refractivity contribution in [2.24, 2.45) is 0 Å². The van der Waals surface area contributed by atoms with Crippen molar-refractivity contribution in [1.29, 1.82) is 0 Å². The fraction of sp³-hybridized carbons (Fsp3) is 0.364. The molecule has 6 nitrogen and oxygen atoms in total. The minimum absolute atomic E-state index is 0.00759. The summed E-state index contributed by atoms with van der Waals surface area (Å²) in [6, 6.07) is 11.4. The number of carbonyl (C=O) groups is 2. The number of ether oxygens (including phenoxy) is 2. The Morgan fingerprint density at radius 1 is 1.00 bits per heavy atom. The van der Waals surface area contributed by atoms with E-state index in [1.807, 2.05) is 44.2 Å². The van der Waals surface area contributed by atoms with Crippen LogP contribution in [0.4, 0.5) is 5.69 Å². The van der Waals surface area contributed by atoms with E-state index in [1.54, 1.807) is 27.3 Å². The highest BCUT2D eigenvalue weighted by Crippen LogP contribution is 2.23. The van der Waals surface area contributed by atoms with Crippen molar-refractivity contribution < 1.29 is 19.1 Å². The number of likely N-dealkylation sites (N-methyl/N-ethyl adjacent to an activating group) is 1. The van der Waals surface area contributed by atoms with Crippen molar-refractivity contribution in [3.8, 4) is 11.5 Å². The lowest BCUT2D eigenvalue weighted by atomic mass is 10.1. The number of nitrogens with one attached hydrogen (secondary N) is 1. The number of anilines is 1. The van der Waals surface area contributed by atoms with Gasteiger partial charge in [0, 0.05) is 25.2 Å². The molecule has 2 aromatic rings. The molecule has 0 fully saturated rings. The van der Waals surface area contributed by atoms with Gasteiger partial charge in [0.1, 0.15) is 11.5 Å². The van der Waals surface area contributed by atoms with Gasteiger partial charge in [-0.05, 0) is 55.2 Å². The highest BCUT2D eigenvalue weighted by molar-refractivity contribution is 5.95. The number of rotatable bonds is 8. The molecule has 0 spiro atoms. The maximum atomic E-state index is 12.4. The highest BCUT2D eigenvalue weighted by atomic mass is 16.5. The number of amides is 2. The molecule has 0 atom stereocenters. The zero-order valence-electron chi connectivity index (χ0n) is 17.2. The lowest BCUT2D eigenvalue weighted by molar-refractivity contribution is -0.133. The molecule has 2 rings (SSSR count). The molecule has 0 saturated heterocycles. The molecule has 0 heterocycles. The smallest absolute Gasteiger partial charge is 0.243 e. The summed E-state index contributed by atoms with van der Waals surface area (Å²) < 4.78 is 10.5. The second kappa shape index (κ2) is 9.78. The van der Waals surface area contributed by atoms with Gasteiger partial charge >= 0.3 is 0 Å². The maximum absolute atomic E-state index is 12.4. The number of benzene rings is 2. The summed E-state index contributed by atoms with van der Waals surface area (Å²) in [5.41, 5.74) is 3.77. The van der Waals surface area contributed by atoms with E-state index in [2.05, 4.69) is 5.32 Å². The Hall–Kier alpha value is -3.02. The van der Waals surface area contributed by atoms with Crippen molar-refractivity contribution >= 4 is 17.5 Å². The standard InChI is InChI=1S/C22H28N2O4/c1-15-6-7-16(2)20(10-15)23-21(25)14-24(3)22(26)9-8-17-11-18(27-4)13-19(12-17)28-5/h6-7,10-13H,8-9,14H2,1-5H3,(H,23,25). The van der Waals surface area contributed by atoms with Gasteiger partial charge in [0.2, 0.25) is 11.8 Å². The summed E-state index contributed by atoms with van der Waals surface area (Å²) >= 11 is 0. The molecule has 150 valence electrons. The average molecular weight is 384 g/mol. The predicted octanol–water partition coefficient (Wildman–Crippen LogP) is 3.35. The van der Waals surface area contributed by atoms with Gasteiger partial charge in [0.25, 0.3) is 0 Å². The monoisotopic (exact) mass is 384 g/mol. The lowest BCUT2D eigenvalue weighted by Crippen LogP contribution is -2.35. The fourth-order valence-electron chi connectivity index (χ4n) is 2.82. The summed E-state index contributed by atoms with van der Waals surface area (Å²) in [5.74, 6) is 1.05. The van der Waals surface area contributed by atoms with Crippen LogP contribution in [0.15, 0.2) is 36.4 Å². The van der Waals surface area contributed by atoms with E-state index in [9.17, 15) is 9.59 Å². The largest absolute Gasteiger partial charge is 0.497 e. The second-order valence-corrected chi connectivity index (χ2v) is 6.84. The quantitative estimate of drug-likeness (QED) is 0.758. The van der Waals surface area contributed by atoms with Gasteiger partial charge in [-0.2, -0.15) is 0 Å². The van der Waals surface area contributed by atoms with Gasteiger partial charge < -0.3 is 19.7 Å². The number of hydrogen-bond donors (Lipinski definition) is 1. The number of nitrogens with zero attached hydrogens (tertiary/aromatic N) is 1. The molecule has 0 aliphatic heterocycles. The van der Waals surface area contributed by atoms with Crippen LogP contribution in [0.5, 0.6) is 11.5 Å². The molecule has 0 saturated carbocycles. The van der Waals surface area contributed by atoms with Crippen LogP contribution in [0.25, 0.3) is 0 Å². The Morgan fingerprint density at radius 3 is 2.25 bits per heavy atom. The van der Waals surface area contributed by atoms with E-state index in [4.69, 9.17) is 9.47 Å². The summed E-state index contributed by atoms with van der Waals surface area (Å²) in [5, 5.41) is 2.87. The zero-order valence-corrected chi connectivity index (χ0v) is 17.2. The van der Waals surface area contributed by atoms with E-state index in [1.165, 1.54) is 4.90 Å². The molecule has 0 bridgehead atoms. The fourth-order valence-corrected chi connectivity index (χ4v) is 2.82. The third-order valence-electron chi connectivity index (χ3n) is 4.51. The molecule has 0 aliphatic rings. The lowest BCUT2D eigenvalue weighted by Gasteiger charge is -2.18. The van der Waals surface area contributed by atoms with Gasteiger partial charge in [-0.15, -0.1) is 0 Å². The van der Waals surface area contributed by atoms with Gasteiger partial charge in [0.15, 0.2) is 0 Å². The minimum Gasteiger partial charge on any atom is -0.497 e. The Labute approximate surface area is 166 Å². The Balaban J connectivity index is 1.90. The Bertz CT molecular complexity index is 826. The summed E-state index contributed by atoms with van der Waals surface area (Å²) in [6.45, 7) is 3.91. The molecule has 2 amide bonds. The molecular weight excluding hydrogens is 356 g/mol. The molecule has 0 radical (unpaired) electrons. The van der Waals surface area contributed by atoms with Crippen LogP contribution in [0.2, 0.25) is 0 Å². The second-order valence-electron chi connectivity index (χ2n) is 6.84. The van der Waals surface area contributed by atoms with Crippen molar-refractivity contribution in [2.75, 3.05) is 33.1 Å². The van der Waals surface area contributed by atoms with Crippen LogP contribution >= 0.6 is 0 Å². The summed E-state index contributed by atoms with van der Waals surface area (Å²) in [6.07, 6.45) is 0.832. The molecule has 6 heteroatoms. The SMILES string of the molecule is COc1cc(CCC(=O)N(C)CC(=O)Nc2cc(C)ccc2C)cc(OC)c1. The first-order valence-corrected chi connectivity index (χ1v) is 9.15. The molecule has 2 aromatic carbocycles. The van der Waals surface area contributed by atoms with Gasteiger partial charge in [-0.3, -0.25) is 9.59 Å². The van der Waals surface area contributed by atoms with Crippen LogP contribution < -0.4 is 14.8 Å². The molecule has 28 heavy (non-hydrogen) atoms. The van der Waals surface area contributed by atoms with E-state index < -0.39 is 0 Å². The van der Waals surface area contributed by atoms with Crippen LogP contribution in [0, 0.1) is 13.8 Å². The minimum atomic E-state index is -0.215. The first kappa shape index (κ1) is 21.3. The third kappa shape index (κ3) is 6.01. The van der Waals surface area contributed by atoms with Crippen LogP contribution in [-0.2, 0) is 16.0 Å². The first-order valence-electron chi connectivity index (χ1n) is 9.15. The van der Waals surface area contributed by atoms with E-state index in [0.717, 1.165) is 22.4 Å². The summed E-state index contributed by atoms with van der Waals surface area (Å²) in [7, 11) is 4.81. The van der Waals surface area contributed by atoms with Gasteiger partial charge in [-0.1, -0.05) is 12.1 Å². The number of aryl methyl sites for hydroxylation is 3. The molecule has 0 unspecified atom stereocenters. The Morgan fingerprint density at radius 2 is 1.64 bits per heavy atom. The molecule has 0 aliphatic carbocycles. The zero-order chi connectivity index (χ0) is 20.7. The van der Waals surface area contributed by atoms with Crippen LogP contribution in [0.1, 0.15) is 23.1 Å². The number of carbonyl (C=O) groups excluding carboxylic acids is 2. The summed E-state index contributed by atoms with van der Waals surface area (Å²) in [4.78, 5) is 26.2. The highest BCUT2D eigenvalue weighted by Gasteiger charge is 2.14.